The molecule has 1 saturated carbocycles. The molecule has 1 saturated heterocycles. The Hall–Kier alpha value is -2.86. The largest absolute Gasteiger partial charge is 0.340 e. The Balaban J connectivity index is 1.33. The first-order chi connectivity index (χ1) is 17.6. The zero-order valence-corrected chi connectivity index (χ0v) is 21.5. The van der Waals surface area contributed by atoms with Crippen LogP contribution in [0.4, 0.5) is 0 Å². The standard InChI is InChI=1S/C29H28Cl2N4O/c30-23-11-8-20(9-12-23)28-26(19-33-14-16-34(17-15-33)29(36)21-4-3-5-21)35-18-22(10-13-27(35)32-28)24-6-1-2-7-25(24)31/h1-2,6-13,18,21H,3-5,14-17,19H2. The molecule has 0 spiro atoms. The number of fused-ring (bicyclic) bond motifs is 1. The average Bonchev–Trinajstić information content (AvgIpc) is 3.21. The van der Waals surface area contributed by atoms with E-state index in [1.165, 1.54) is 6.42 Å². The quantitative estimate of drug-likeness (QED) is 0.306. The number of nitrogens with zero attached hydrogens (tertiary/aromatic N) is 4. The van der Waals surface area contributed by atoms with Crippen LogP contribution in [0.1, 0.15) is 25.0 Å². The number of aromatic nitrogens is 2. The molecule has 2 fully saturated rings. The molecule has 184 valence electrons. The number of imidazole rings is 1. The van der Waals surface area contributed by atoms with Crippen LogP contribution < -0.4 is 0 Å². The second-order valence-corrected chi connectivity index (χ2v) is 10.6. The Morgan fingerprint density at radius 1 is 0.889 bits per heavy atom. The smallest absolute Gasteiger partial charge is 0.225 e. The molecule has 1 aliphatic carbocycles. The minimum Gasteiger partial charge on any atom is -0.340 e. The van der Waals surface area contributed by atoms with Crippen LogP contribution >= 0.6 is 23.2 Å². The van der Waals surface area contributed by atoms with Crippen LogP contribution in [-0.2, 0) is 11.3 Å². The molecule has 7 heteroatoms. The lowest BCUT2D eigenvalue weighted by molar-refractivity contribution is -0.140. The summed E-state index contributed by atoms with van der Waals surface area (Å²) in [7, 11) is 0. The van der Waals surface area contributed by atoms with Crippen molar-refractivity contribution in [1.82, 2.24) is 19.2 Å². The van der Waals surface area contributed by atoms with E-state index in [-0.39, 0.29) is 5.92 Å². The molecule has 4 aromatic rings. The lowest BCUT2D eigenvalue weighted by Crippen LogP contribution is -2.50. The van der Waals surface area contributed by atoms with Gasteiger partial charge in [0.2, 0.25) is 5.91 Å². The molecule has 0 atom stereocenters. The van der Waals surface area contributed by atoms with Crippen molar-refractivity contribution in [3.05, 3.63) is 82.6 Å². The van der Waals surface area contributed by atoms with Gasteiger partial charge in [0.05, 0.1) is 11.4 Å². The molecule has 2 aromatic heterocycles. The molecule has 3 heterocycles. The van der Waals surface area contributed by atoms with Crippen LogP contribution in [0.2, 0.25) is 10.0 Å². The normalized spacial score (nSPS) is 16.9. The van der Waals surface area contributed by atoms with Crippen molar-refractivity contribution in [2.45, 2.75) is 25.8 Å². The van der Waals surface area contributed by atoms with E-state index in [0.717, 1.165) is 84.3 Å². The van der Waals surface area contributed by atoms with Gasteiger partial charge in [-0.3, -0.25) is 9.69 Å². The van der Waals surface area contributed by atoms with Gasteiger partial charge in [-0.1, -0.05) is 60.0 Å². The zero-order valence-electron chi connectivity index (χ0n) is 20.0. The van der Waals surface area contributed by atoms with E-state index in [2.05, 4.69) is 32.5 Å². The number of piperazine rings is 1. The van der Waals surface area contributed by atoms with Crippen molar-refractivity contribution in [2.24, 2.45) is 5.92 Å². The van der Waals surface area contributed by atoms with Crippen molar-refractivity contribution in [3.63, 3.8) is 0 Å². The molecular formula is C29H28Cl2N4O. The molecule has 2 aromatic carbocycles. The third kappa shape index (κ3) is 4.52. The minimum absolute atomic E-state index is 0.259. The number of hydrogen-bond acceptors (Lipinski definition) is 3. The molecule has 0 bridgehead atoms. The number of benzene rings is 2. The molecule has 5 nitrogen and oxygen atoms in total. The first-order valence-electron chi connectivity index (χ1n) is 12.6. The van der Waals surface area contributed by atoms with Gasteiger partial charge >= 0.3 is 0 Å². The molecule has 36 heavy (non-hydrogen) atoms. The fourth-order valence-electron chi connectivity index (χ4n) is 5.19. The van der Waals surface area contributed by atoms with E-state index in [1.807, 2.05) is 48.5 Å². The third-order valence-electron chi connectivity index (χ3n) is 7.53. The molecule has 1 amide bonds. The topological polar surface area (TPSA) is 40.9 Å². The van der Waals surface area contributed by atoms with Gasteiger partial charge in [0.1, 0.15) is 5.65 Å². The number of rotatable bonds is 5. The maximum absolute atomic E-state index is 12.7. The van der Waals surface area contributed by atoms with Gasteiger partial charge in [-0.25, -0.2) is 4.98 Å². The number of carbonyl (C=O) groups excluding carboxylic acids is 1. The number of pyridine rings is 1. The molecule has 0 radical (unpaired) electrons. The van der Waals surface area contributed by atoms with E-state index >= 15 is 0 Å². The zero-order chi connectivity index (χ0) is 24.6. The Bertz CT molecular complexity index is 1400. The van der Waals surface area contributed by atoms with Crippen LogP contribution in [0.3, 0.4) is 0 Å². The minimum atomic E-state index is 0.259. The summed E-state index contributed by atoms with van der Waals surface area (Å²) < 4.78 is 2.19. The molecule has 2 aliphatic rings. The van der Waals surface area contributed by atoms with Crippen LogP contribution in [-0.4, -0.2) is 51.3 Å². The lowest BCUT2D eigenvalue weighted by Gasteiger charge is -2.38. The molecular weight excluding hydrogens is 491 g/mol. The average molecular weight is 519 g/mol. The van der Waals surface area contributed by atoms with Gasteiger partial charge in [0.25, 0.3) is 0 Å². The summed E-state index contributed by atoms with van der Waals surface area (Å²) in [5, 5.41) is 1.43. The lowest BCUT2D eigenvalue weighted by atomic mass is 9.84. The number of amides is 1. The Labute approximate surface area is 221 Å². The van der Waals surface area contributed by atoms with Crippen molar-refractivity contribution in [2.75, 3.05) is 26.2 Å². The Kier molecular flexibility index (Phi) is 6.46. The van der Waals surface area contributed by atoms with Gasteiger partial charge in [0.15, 0.2) is 0 Å². The van der Waals surface area contributed by atoms with Crippen molar-refractivity contribution >= 4 is 34.8 Å². The third-order valence-corrected chi connectivity index (χ3v) is 8.11. The fraction of sp³-hybridized carbons (Fsp3) is 0.310. The fourth-order valence-corrected chi connectivity index (χ4v) is 5.56. The van der Waals surface area contributed by atoms with Crippen LogP contribution in [0.5, 0.6) is 0 Å². The highest BCUT2D eigenvalue weighted by Crippen LogP contribution is 2.32. The maximum atomic E-state index is 12.7. The maximum Gasteiger partial charge on any atom is 0.225 e. The van der Waals surface area contributed by atoms with Crippen molar-refractivity contribution in [1.29, 1.82) is 0 Å². The number of hydrogen-bond donors (Lipinski definition) is 0. The van der Waals surface area contributed by atoms with Crippen molar-refractivity contribution < 1.29 is 4.79 Å². The van der Waals surface area contributed by atoms with Gasteiger partial charge < -0.3 is 9.30 Å². The van der Waals surface area contributed by atoms with E-state index in [0.29, 0.717) is 10.9 Å². The summed E-state index contributed by atoms with van der Waals surface area (Å²) in [6, 6.07) is 19.9. The van der Waals surface area contributed by atoms with E-state index in [9.17, 15) is 4.79 Å². The first kappa shape index (κ1) is 23.5. The summed E-state index contributed by atoms with van der Waals surface area (Å²) in [5.74, 6) is 0.608. The Morgan fingerprint density at radius 2 is 1.61 bits per heavy atom. The van der Waals surface area contributed by atoms with Crippen molar-refractivity contribution in [3.8, 4) is 22.4 Å². The van der Waals surface area contributed by atoms with Gasteiger partial charge in [-0.05, 0) is 48.7 Å². The highest BCUT2D eigenvalue weighted by Gasteiger charge is 2.31. The first-order valence-corrected chi connectivity index (χ1v) is 13.4. The van der Waals surface area contributed by atoms with E-state index < -0.39 is 0 Å². The summed E-state index contributed by atoms with van der Waals surface area (Å²) in [5.41, 5.74) is 6.05. The molecule has 0 N–H and O–H groups in total. The van der Waals surface area contributed by atoms with Gasteiger partial charge in [-0.15, -0.1) is 0 Å². The van der Waals surface area contributed by atoms with Crippen LogP contribution in [0.15, 0.2) is 66.9 Å². The summed E-state index contributed by atoms with van der Waals surface area (Å²) >= 11 is 12.7. The summed E-state index contributed by atoms with van der Waals surface area (Å²) in [6.07, 6.45) is 5.43. The van der Waals surface area contributed by atoms with E-state index in [4.69, 9.17) is 28.2 Å². The van der Waals surface area contributed by atoms with Gasteiger partial charge in [-0.2, -0.15) is 0 Å². The summed E-state index contributed by atoms with van der Waals surface area (Å²) in [4.78, 5) is 22.2. The SMILES string of the molecule is O=C(C1CCC1)N1CCN(Cc2c(-c3ccc(Cl)cc3)nc3ccc(-c4ccccc4Cl)cn23)CC1. The summed E-state index contributed by atoms with van der Waals surface area (Å²) in [6.45, 7) is 4.03. The number of carbonyl (C=O) groups is 1. The second-order valence-electron chi connectivity index (χ2n) is 9.77. The predicted octanol–water partition coefficient (Wildman–Crippen LogP) is 6.42. The second kappa shape index (κ2) is 9.89. The van der Waals surface area contributed by atoms with Crippen LogP contribution in [0, 0.1) is 5.92 Å². The highest BCUT2D eigenvalue weighted by atomic mass is 35.5. The number of halogens is 2. The van der Waals surface area contributed by atoms with Crippen LogP contribution in [0.25, 0.3) is 28.0 Å². The highest BCUT2D eigenvalue weighted by molar-refractivity contribution is 6.33. The predicted molar refractivity (Wildman–Crippen MR) is 145 cm³/mol. The monoisotopic (exact) mass is 518 g/mol. The molecule has 6 rings (SSSR count). The molecule has 0 unspecified atom stereocenters. The van der Waals surface area contributed by atoms with Gasteiger partial charge in [0, 0.05) is 66.0 Å². The van der Waals surface area contributed by atoms with E-state index in [1.54, 1.807) is 0 Å². The Morgan fingerprint density at radius 3 is 2.31 bits per heavy atom. The molecule has 1 aliphatic heterocycles.